The van der Waals surface area contributed by atoms with Crippen LogP contribution in [-0.2, 0) is 0 Å². The van der Waals surface area contributed by atoms with E-state index in [1.165, 1.54) is 4.90 Å². The number of benzene rings is 1. The summed E-state index contributed by atoms with van der Waals surface area (Å²) in [4.78, 5) is 16.7. The van der Waals surface area contributed by atoms with Gasteiger partial charge in [0.25, 0.3) is 0 Å². The van der Waals surface area contributed by atoms with Gasteiger partial charge in [0, 0.05) is 29.8 Å². The van der Waals surface area contributed by atoms with Crippen molar-refractivity contribution in [3.8, 4) is 0 Å². The minimum absolute atomic E-state index is 0.321. The van der Waals surface area contributed by atoms with Gasteiger partial charge >= 0.3 is 5.91 Å². The Balaban J connectivity index is 1.46. The molecule has 0 N–H and O–H groups in total. The Morgan fingerprint density at radius 2 is 1.74 bits per heavy atom. The maximum absolute atomic E-state index is 13.0. The van der Waals surface area contributed by atoms with Crippen LogP contribution in [0.3, 0.4) is 0 Å². The molecule has 4 heteroatoms. The van der Waals surface area contributed by atoms with E-state index in [1.54, 1.807) is 0 Å². The lowest BCUT2D eigenvalue weighted by Crippen LogP contribution is -2.69. The summed E-state index contributed by atoms with van der Waals surface area (Å²) in [6.45, 7) is 6.15. The van der Waals surface area contributed by atoms with Crippen molar-refractivity contribution in [1.29, 1.82) is 0 Å². The van der Waals surface area contributed by atoms with Crippen molar-refractivity contribution >= 4 is 17.7 Å². The first kappa shape index (κ1) is 15.2. The highest BCUT2D eigenvalue weighted by atomic mass is 32.2. The highest BCUT2D eigenvalue weighted by molar-refractivity contribution is 8.00. The Hall–Kier alpha value is -1.36. The van der Waals surface area contributed by atoms with E-state index < -0.39 is 0 Å². The van der Waals surface area contributed by atoms with Gasteiger partial charge in [0.1, 0.15) is 0 Å². The number of amides is 1. The van der Waals surface area contributed by atoms with Crippen molar-refractivity contribution in [2.24, 2.45) is 0 Å². The molecule has 1 aromatic rings. The molecule has 3 heterocycles. The third kappa shape index (κ3) is 3.03. The van der Waals surface area contributed by atoms with Gasteiger partial charge in [0.2, 0.25) is 0 Å². The second-order valence-electron chi connectivity index (χ2n) is 6.69. The normalized spacial score (nSPS) is 32.2. The standard InChI is InChI=1S/C19H23N2OS/c22-19(21-13-10-20(11-14-21)12-15-21)16-6-8-18(9-7-16)23-17-4-2-1-3-5-17/h1-4,6-9,17H,5,10-15H2/q+1. The van der Waals surface area contributed by atoms with E-state index in [1.807, 2.05) is 23.9 Å². The summed E-state index contributed by atoms with van der Waals surface area (Å²) >= 11 is 1.87. The monoisotopic (exact) mass is 327 g/mol. The van der Waals surface area contributed by atoms with Gasteiger partial charge in [-0.1, -0.05) is 24.3 Å². The summed E-state index contributed by atoms with van der Waals surface area (Å²) in [5.41, 5.74) is 0.879. The second-order valence-corrected chi connectivity index (χ2v) is 8.00. The summed E-state index contributed by atoms with van der Waals surface area (Å²) in [7, 11) is 0. The van der Waals surface area contributed by atoms with Crippen molar-refractivity contribution in [2.45, 2.75) is 16.6 Å². The molecule has 5 rings (SSSR count). The van der Waals surface area contributed by atoms with Crippen LogP contribution in [0.4, 0.5) is 0 Å². The van der Waals surface area contributed by atoms with E-state index in [-0.39, 0.29) is 0 Å². The fourth-order valence-electron chi connectivity index (χ4n) is 3.74. The average Bonchev–Trinajstić information content (AvgIpc) is 2.64. The third-order valence-electron chi connectivity index (χ3n) is 5.29. The van der Waals surface area contributed by atoms with Gasteiger partial charge in [-0.2, -0.15) is 0 Å². The van der Waals surface area contributed by atoms with Crippen LogP contribution in [-0.4, -0.2) is 59.8 Å². The van der Waals surface area contributed by atoms with E-state index in [0.29, 0.717) is 15.6 Å². The SMILES string of the molecule is O=C(c1ccc(SC2C=CC=CC2)cc1)[N+]12CCN(CC1)CC2. The molecule has 0 saturated carbocycles. The molecule has 3 aliphatic heterocycles. The van der Waals surface area contributed by atoms with E-state index >= 15 is 0 Å². The first-order valence-corrected chi connectivity index (χ1v) is 9.37. The Bertz CT molecular complexity index is 628. The zero-order chi connectivity index (χ0) is 15.7. The highest BCUT2D eigenvalue weighted by Gasteiger charge is 2.44. The van der Waals surface area contributed by atoms with Gasteiger partial charge in [0.15, 0.2) is 0 Å². The lowest BCUT2D eigenvalue weighted by molar-refractivity contribution is -0.864. The van der Waals surface area contributed by atoms with Crippen molar-refractivity contribution in [1.82, 2.24) is 4.90 Å². The zero-order valence-electron chi connectivity index (χ0n) is 13.4. The van der Waals surface area contributed by atoms with Crippen molar-refractivity contribution in [3.05, 3.63) is 54.1 Å². The largest absolute Gasteiger partial charge is 0.346 e. The number of hydrogen-bond acceptors (Lipinski definition) is 3. The second kappa shape index (κ2) is 6.27. The number of carbonyl (C=O) groups is 1. The highest BCUT2D eigenvalue weighted by Crippen LogP contribution is 2.29. The first-order chi connectivity index (χ1) is 11.3. The van der Waals surface area contributed by atoms with E-state index in [0.717, 1.165) is 51.3 Å². The Labute approximate surface area is 142 Å². The molecule has 0 radical (unpaired) electrons. The molecule has 4 aliphatic rings. The van der Waals surface area contributed by atoms with Crippen LogP contribution in [0.2, 0.25) is 0 Å². The van der Waals surface area contributed by atoms with Crippen LogP contribution in [0.1, 0.15) is 16.8 Å². The fraction of sp³-hybridized carbons (Fsp3) is 0.421. The van der Waals surface area contributed by atoms with Crippen LogP contribution in [0.15, 0.2) is 53.5 Å². The number of thioether (sulfide) groups is 1. The summed E-state index contributed by atoms with van der Waals surface area (Å²) in [6, 6.07) is 8.28. The predicted molar refractivity (Wildman–Crippen MR) is 94.6 cm³/mol. The van der Waals surface area contributed by atoms with Crippen molar-refractivity contribution in [2.75, 3.05) is 39.3 Å². The molecule has 23 heavy (non-hydrogen) atoms. The van der Waals surface area contributed by atoms with Gasteiger partial charge in [-0.05, 0) is 30.7 Å². The van der Waals surface area contributed by atoms with Gasteiger partial charge in [0.05, 0.1) is 25.2 Å². The number of quaternary nitrogens is 1. The number of rotatable bonds is 3. The van der Waals surface area contributed by atoms with Gasteiger partial charge < -0.3 is 0 Å². The molecule has 1 unspecified atom stereocenters. The summed E-state index contributed by atoms with van der Waals surface area (Å²) < 4.78 is 0.666. The lowest BCUT2D eigenvalue weighted by Gasteiger charge is -2.48. The summed E-state index contributed by atoms with van der Waals surface area (Å²) in [5, 5.41) is 0.513. The molecular formula is C19H23N2OS+. The zero-order valence-corrected chi connectivity index (χ0v) is 14.2. The van der Waals surface area contributed by atoms with E-state index in [4.69, 9.17) is 0 Å². The number of piperazine rings is 3. The Kier molecular flexibility index (Phi) is 4.14. The van der Waals surface area contributed by atoms with Gasteiger partial charge in [-0.3, -0.25) is 9.38 Å². The van der Waals surface area contributed by atoms with Crippen molar-refractivity contribution < 1.29 is 9.28 Å². The Morgan fingerprint density at radius 3 is 2.35 bits per heavy atom. The molecule has 3 fully saturated rings. The molecule has 2 bridgehead atoms. The number of carbonyl (C=O) groups excluding carboxylic acids is 1. The number of nitrogens with zero attached hydrogens (tertiary/aromatic N) is 2. The molecule has 3 saturated heterocycles. The molecule has 3 nitrogen and oxygen atoms in total. The summed E-state index contributed by atoms with van der Waals surface area (Å²) in [6.07, 6.45) is 9.76. The van der Waals surface area contributed by atoms with Crippen LogP contribution in [0.5, 0.6) is 0 Å². The van der Waals surface area contributed by atoms with E-state index in [9.17, 15) is 4.79 Å². The number of hydrogen-bond donors (Lipinski definition) is 0. The third-order valence-corrected chi connectivity index (χ3v) is 6.49. The molecular weight excluding hydrogens is 304 g/mol. The number of fused-ring (bicyclic) bond motifs is 3. The van der Waals surface area contributed by atoms with Gasteiger partial charge in [-0.15, -0.1) is 11.8 Å². The maximum Gasteiger partial charge on any atom is 0.346 e. The molecule has 1 atom stereocenters. The fourth-order valence-corrected chi connectivity index (χ4v) is 4.76. The minimum atomic E-state index is 0.321. The average molecular weight is 327 g/mol. The quantitative estimate of drug-likeness (QED) is 0.796. The predicted octanol–water partition coefficient (Wildman–Crippen LogP) is 2.95. The molecule has 1 aromatic carbocycles. The molecule has 120 valence electrons. The van der Waals surface area contributed by atoms with Gasteiger partial charge in [-0.25, -0.2) is 4.79 Å². The number of allylic oxidation sites excluding steroid dienone is 3. The smallest absolute Gasteiger partial charge is 0.287 e. The first-order valence-electron chi connectivity index (χ1n) is 8.49. The lowest BCUT2D eigenvalue weighted by atomic mass is 10.1. The molecule has 1 aliphatic carbocycles. The van der Waals surface area contributed by atoms with Crippen LogP contribution >= 0.6 is 11.8 Å². The summed E-state index contributed by atoms with van der Waals surface area (Å²) in [5.74, 6) is 0.321. The maximum atomic E-state index is 13.0. The molecule has 0 aromatic heterocycles. The molecule has 0 spiro atoms. The van der Waals surface area contributed by atoms with Crippen LogP contribution in [0.25, 0.3) is 0 Å². The van der Waals surface area contributed by atoms with Crippen molar-refractivity contribution in [3.63, 3.8) is 0 Å². The topological polar surface area (TPSA) is 20.3 Å². The van der Waals surface area contributed by atoms with E-state index in [2.05, 4.69) is 41.3 Å². The van der Waals surface area contributed by atoms with Crippen LogP contribution < -0.4 is 0 Å². The molecule has 1 amide bonds. The minimum Gasteiger partial charge on any atom is -0.287 e. The van der Waals surface area contributed by atoms with Crippen LogP contribution in [0, 0.1) is 0 Å². The Morgan fingerprint density at radius 1 is 1.04 bits per heavy atom.